The molecule has 218 valence electrons. The normalized spacial score (nSPS) is 27.3. The van der Waals surface area contributed by atoms with Crippen LogP contribution in [-0.4, -0.2) is 81.5 Å². The first-order valence-electron chi connectivity index (χ1n) is 14.7. The van der Waals surface area contributed by atoms with Crippen molar-refractivity contribution in [1.82, 2.24) is 25.2 Å². The second-order valence-corrected chi connectivity index (χ2v) is 12.3. The molecule has 0 amide bonds. The number of phenolic OH excluding ortho intramolecular Hbond substituents is 1. The van der Waals surface area contributed by atoms with Gasteiger partial charge in [0.25, 0.3) is 0 Å². The van der Waals surface area contributed by atoms with Gasteiger partial charge in [-0.05, 0) is 67.9 Å². The van der Waals surface area contributed by atoms with E-state index in [2.05, 4.69) is 20.1 Å². The first-order valence-corrected chi connectivity index (χ1v) is 14.7. The van der Waals surface area contributed by atoms with Crippen LogP contribution in [0, 0.1) is 11.6 Å². The molecule has 2 aromatic heterocycles. The highest BCUT2D eigenvalue weighted by molar-refractivity contribution is 5.99. The highest BCUT2D eigenvalue weighted by Crippen LogP contribution is 2.41. The van der Waals surface area contributed by atoms with Gasteiger partial charge in [-0.1, -0.05) is 6.07 Å². The Morgan fingerprint density at radius 2 is 1.86 bits per heavy atom. The third kappa shape index (κ3) is 4.24. The van der Waals surface area contributed by atoms with E-state index >= 15 is 4.39 Å². The van der Waals surface area contributed by atoms with Gasteiger partial charge < -0.3 is 20.1 Å². The van der Waals surface area contributed by atoms with E-state index in [1.54, 1.807) is 6.07 Å². The molecule has 0 spiro atoms. The maximum atomic E-state index is 15.0. The Hall–Kier alpha value is -3.70. The summed E-state index contributed by atoms with van der Waals surface area (Å²) in [5.41, 5.74) is 0.582. The predicted octanol–water partition coefficient (Wildman–Crippen LogP) is 4.72. The lowest BCUT2D eigenvalue weighted by molar-refractivity contribution is 0.107. The monoisotopic (exact) mass is 576 g/mol. The summed E-state index contributed by atoms with van der Waals surface area (Å²) in [5, 5.41) is 15.1. The second kappa shape index (κ2) is 9.67. The number of ether oxygens (including phenoxy) is 1. The van der Waals surface area contributed by atoms with Gasteiger partial charge in [0, 0.05) is 49.1 Å². The average Bonchev–Trinajstić information content (AvgIpc) is 3.63. The minimum Gasteiger partial charge on any atom is -0.508 e. The number of piperazine rings is 1. The van der Waals surface area contributed by atoms with Gasteiger partial charge in [0.1, 0.15) is 24.3 Å². The minimum absolute atomic E-state index is 0.0338. The number of fused-ring (bicyclic) bond motifs is 5. The highest BCUT2D eigenvalue weighted by Gasteiger charge is 2.49. The number of anilines is 1. The van der Waals surface area contributed by atoms with Crippen molar-refractivity contribution >= 4 is 27.6 Å². The molecule has 0 saturated carbocycles. The molecule has 4 aromatic rings. The quantitative estimate of drug-likeness (QED) is 0.353. The number of aromatic nitrogens is 3. The summed E-state index contributed by atoms with van der Waals surface area (Å²) in [6, 6.07) is 9.71. The third-order valence-electron chi connectivity index (χ3n) is 9.53. The number of nitrogens with one attached hydrogen (secondary N) is 1. The lowest BCUT2D eigenvalue weighted by Gasteiger charge is -2.34. The zero-order valence-corrected chi connectivity index (χ0v) is 23.0. The minimum atomic E-state index is -1.00. The third-order valence-corrected chi connectivity index (χ3v) is 9.53. The second-order valence-electron chi connectivity index (χ2n) is 12.3. The standard InChI is InChI=1S/C31H31F3N6O2/c32-18-12-31(8-1-9-40(31)13-18)16-42-30-37-28-22(29(38-30)39-14-19-3-4-20(15-39)35-19)5-7-25(36-28)23-11-21(41)10-17-2-6-24(33)27(34)26(17)23/h2,5-7,10-11,18-20,35,41H,1,3-4,8-9,12-16H2/t18-,19-,20+,31+/m1/s1. The van der Waals surface area contributed by atoms with E-state index in [1.165, 1.54) is 18.2 Å². The Morgan fingerprint density at radius 1 is 1.02 bits per heavy atom. The molecule has 2 N–H and O–H groups in total. The molecule has 2 aromatic carbocycles. The van der Waals surface area contributed by atoms with Crippen molar-refractivity contribution in [3.05, 3.63) is 48.0 Å². The van der Waals surface area contributed by atoms with Crippen molar-refractivity contribution in [2.45, 2.75) is 55.9 Å². The van der Waals surface area contributed by atoms with Crippen LogP contribution < -0.4 is 15.0 Å². The summed E-state index contributed by atoms with van der Waals surface area (Å²) < 4.78 is 50.0. The number of alkyl halides is 1. The maximum absolute atomic E-state index is 15.0. The summed E-state index contributed by atoms with van der Waals surface area (Å²) in [7, 11) is 0. The molecule has 4 aliphatic heterocycles. The topological polar surface area (TPSA) is 86.6 Å². The molecule has 6 heterocycles. The Labute approximate surface area is 240 Å². The van der Waals surface area contributed by atoms with E-state index in [4.69, 9.17) is 14.7 Å². The first kappa shape index (κ1) is 26.0. The largest absolute Gasteiger partial charge is 0.508 e. The fourth-order valence-electron chi connectivity index (χ4n) is 7.63. The van der Waals surface area contributed by atoms with Gasteiger partial charge in [0.15, 0.2) is 17.3 Å². The van der Waals surface area contributed by atoms with Gasteiger partial charge in [-0.25, -0.2) is 18.2 Å². The summed E-state index contributed by atoms with van der Waals surface area (Å²) in [6.07, 6.45) is 3.64. The molecule has 0 aliphatic carbocycles. The first-order chi connectivity index (χ1) is 20.3. The lowest BCUT2D eigenvalue weighted by atomic mass is 9.95. The van der Waals surface area contributed by atoms with Crippen LogP contribution in [0.3, 0.4) is 0 Å². The molecule has 42 heavy (non-hydrogen) atoms. The van der Waals surface area contributed by atoms with E-state index in [9.17, 15) is 13.9 Å². The predicted molar refractivity (Wildman–Crippen MR) is 153 cm³/mol. The van der Waals surface area contributed by atoms with E-state index in [0.29, 0.717) is 53.0 Å². The van der Waals surface area contributed by atoms with E-state index in [1.807, 2.05) is 6.07 Å². The Morgan fingerprint density at radius 3 is 2.69 bits per heavy atom. The molecule has 4 fully saturated rings. The van der Waals surface area contributed by atoms with Crippen molar-refractivity contribution in [3.63, 3.8) is 0 Å². The van der Waals surface area contributed by atoms with Gasteiger partial charge in [-0.2, -0.15) is 9.97 Å². The maximum Gasteiger partial charge on any atom is 0.320 e. The summed E-state index contributed by atoms with van der Waals surface area (Å²) in [4.78, 5) is 18.8. The average molecular weight is 577 g/mol. The molecular formula is C31H31F3N6O2. The molecule has 4 aliphatic rings. The van der Waals surface area contributed by atoms with Crippen molar-refractivity contribution in [2.24, 2.45) is 0 Å². The van der Waals surface area contributed by atoms with Gasteiger partial charge in [0.2, 0.25) is 0 Å². The highest BCUT2D eigenvalue weighted by atomic mass is 19.2. The summed E-state index contributed by atoms with van der Waals surface area (Å²) in [5.74, 6) is -1.36. The van der Waals surface area contributed by atoms with Gasteiger partial charge >= 0.3 is 6.01 Å². The molecular weight excluding hydrogens is 545 g/mol. The smallest absolute Gasteiger partial charge is 0.320 e. The fraction of sp³-hybridized carbons (Fsp3) is 0.452. The molecule has 8 nitrogen and oxygen atoms in total. The number of benzene rings is 2. The summed E-state index contributed by atoms with van der Waals surface area (Å²) >= 11 is 0. The lowest BCUT2D eigenvalue weighted by Crippen LogP contribution is -2.51. The number of hydrogen-bond donors (Lipinski definition) is 2. The number of pyridine rings is 1. The van der Waals surface area contributed by atoms with Crippen LogP contribution in [0.5, 0.6) is 11.8 Å². The van der Waals surface area contributed by atoms with E-state index < -0.39 is 17.8 Å². The van der Waals surface area contributed by atoms with E-state index in [-0.39, 0.29) is 34.9 Å². The van der Waals surface area contributed by atoms with Crippen LogP contribution in [0.4, 0.5) is 19.0 Å². The van der Waals surface area contributed by atoms with Crippen LogP contribution in [-0.2, 0) is 0 Å². The molecule has 2 bridgehead atoms. The zero-order valence-electron chi connectivity index (χ0n) is 23.0. The van der Waals surface area contributed by atoms with Gasteiger partial charge in [-0.3, -0.25) is 4.90 Å². The summed E-state index contributed by atoms with van der Waals surface area (Å²) in [6.45, 7) is 3.14. The van der Waals surface area contributed by atoms with Crippen LogP contribution in [0.15, 0.2) is 36.4 Å². The number of aromatic hydroxyl groups is 1. The van der Waals surface area contributed by atoms with Crippen molar-refractivity contribution in [1.29, 1.82) is 0 Å². The van der Waals surface area contributed by atoms with Crippen molar-refractivity contribution in [2.75, 3.05) is 37.7 Å². The van der Waals surface area contributed by atoms with Gasteiger partial charge in [-0.15, -0.1) is 0 Å². The van der Waals surface area contributed by atoms with Crippen LogP contribution >= 0.6 is 0 Å². The van der Waals surface area contributed by atoms with Crippen molar-refractivity contribution < 1.29 is 23.0 Å². The zero-order chi connectivity index (χ0) is 28.6. The van der Waals surface area contributed by atoms with Crippen LogP contribution in [0.1, 0.15) is 32.1 Å². The number of phenols is 1. The Balaban J connectivity index is 1.23. The molecule has 8 rings (SSSR count). The SMILES string of the molecule is Oc1cc(-c2ccc3c(N4C[C@H]5CC[C@@H](C4)N5)nc(OC[C@@]45CCCN4C[C@H](F)C5)nc3n2)c2c(F)c(F)ccc2c1. The van der Waals surface area contributed by atoms with Crippen LogP contribution in [0.25, 0.3) is 33.1 Å². The van der Waals surface area contributed by atoms with Gasteiger partial charge in [0.05, 0.1) is 16.6 Å². The molecule has 4 atom stereocenters. The van der Waals surface area contributed by atoms with E-state index in [0.717, 1.165) is 51.4 Å². The molecule has 0 radical (unpaired) electrons. The van der Waals surface area contributed by atoms with Crippen molar-refractivity contribution in [3.8, 4) is 23.0 Å². The number of halogens is 3. The number of hydrogen-bond acceptors (Lipinski definition) is 8. The molecule has 4 saturated heterocycles. The molecule has 11 heteroatoms. The number of nitrogens with zero attached hydrogens (tertiary/aromatic N) is 5. The molecule has 0 unspecified atom stereocenters. The Kier molecular flexibility index (Phi) is 5.98. The number of rotatable bonds is 5. The fourth-order valence-corrected chi connectivity index (χ4v) is 7.63. The Bertz CT molecular complexity index is 1710. The van der Waals surface area contributed by atoms with Crippen LogP contribution in [0.2, 0.25) is 0 Å².